The number of amides is 2. The van der Waals surface area contributed by atoms with Crippen molar-refractivity contribution in [2.24, 2.45) is 0 Å². The van der Waals surface area contributed by atoms with Crippen molar-refractivity contribution < 1.29 is 14.3 Å². The second-order valence-electron chi connectivity index (χ2n) is 6.48. The van der Waals surface area contributed by atoms with Crippen molar-refractivity contribution in [3.63, 3.8) is 0 Å². The van der Waals surface area contributed by atoms with E-state index in [1.807, 2.05) is 42.5 Å². The van der Waals surface area contributed by atoms with E-state index in [0.29, 0.717) is 17.8 Å². The van der Waals surface area contributed by atoms with Crippen LogP contribution in [0.15, 0.2) is 73.1 Å². The zero-order valence-electron chi connectivity index (χ0n) is 15.2. The number of ether oxygens (including phenoxy) is 1. The van der Waals surface area contributed by atoms with Gasteiger partial charge in [0.25, 0.3) is 5.91 Å². The molecule has 0 saturated heterocycles. The zero-order valence-corrected chi connectivity index (χ0v) is 15.2. The average Bonchev–Trinajstić information content (AvgIpc) is 3.16. The molecule has 0 spiro atoms. The number of hydrogen-bond donors (Lipinski definition) is 1. The molecule has 2 amide bonds. The van der Waals surface area contributed by atoms with Crippen LogP contribution in [0.2, 0.25) is 0 Å². The highest BCUT2D eigenvalue weighted by Gasteiger charge is 2.26. The summed E-state index contributed by atoms with van der Waals surface area (Å²) in [6, 6.07) is 18.5. The van der Waals surface area contributed by atoms with E-state index in [9.17, 15) is 9.59 Å². The van der Waals surface area contributed by atoms with Gasteiger partial charge in [0.2, 0.25) is 0 Å². The van der Waals surface area contributed by atoms with Crippen LogP contribution in [0.1, 0.15) is 21.5 Å². The number of pyridine rings is 1. The number of benzene rings is 2. The number of nitrogens with one attached hydrogen (secondary N) is 1. The lowest BCUT2D eigenvalue weighted by Crippen LogP contribution is -2.28. The van der Waals surface area contributed by atoms with Gasteiger partial charge in [-0.3, -0.25) is 15.1 Å². The summed E-state index contributed by atoms with van der Waals surface area (Å²) < 4.78 is 5.25. The molecular formula is C22H19N3O3. The van der Waals surface area contributed by atoms with Crippen molar-refractivity contribution in [3.05, 3.63) is 89.7 Å². The highest BCUT2D eigenvalue weighted by Crippen LogP contribution is 2.31. The number of carbonyl (C=O) groups excluding carboxylic acids is 2. The SMILES string of the molecule is O=C(Nc1ccc2c(c1)CCN2C(=O)c1cccnc1)OCc1ccccc1. The Bertz CT molecular complexity index is 990. The molecule has 3 aromatic rings. The molecule has 6 nitrogen and oxygen atoms in total. The molecule has 140 valence electrons. The minimum Gasteiger partial charge on any atom is -0.444 e. The molecule has 0 fully saturated rings. The van der Waals surface area contributed by atoms with Crippen LogP contribution >= 0.6 is 0 Å². The molecule has 2 aromatic carbocycles. The molecule has 1 aliphatic rings. The number of rotatable bonds is 4. The van der Waals surface area contributed by atoms with Gasteiger partial charge in [-0.1, -0.05) is 30.3 Å². The van der Waals surface area contributed by atoms with Crippen LogP contribution in [-0.2, 0) is 17.8 Å². The maximum absolute atomic E-state index is 12.7. The Labute approximate surface area is 162 Å². The van der Waals surface area contributed by atoms with E-state index < -0.39 is 6.09 Å². The van der Waals surface area contributed by atoms with Crippen LogP contribution < -0.4 is 10.2 Å². The largest absolute Gasteiger partial charge is 0.444 e. The Kier molecular flexibility index (Phi) is 5.01. The molecule has 0 aliphatic carbocycles. The number of hydrogen-bond acceptors (Lipinski definition) is 4. The van der Waals surface area contributed by atoms with E-state index in [0.717, 1.165) is 23.2 Å². The molecular weight excluding hydrogens is 354 g/mol. The van der Waals surface area contributed by atoms with Crippen molar-refractivity contribution in [3.8, 4) is 0 Å². The van der Waals surface area contributed by atoms with Crippen LogP contribution in [0.4, 0.5) is 16.2 Å². The Morgan fingerprint density at radius 3 is 2.71 bits per heavy atom. The Morgan fingerprint density at radius 2 is 1.93 bits per heavy atom. The Morgan fingerprint density at radius 1 is 1.07 bits per heavy atom. The van der Waals surface area contributed by atoms with E-state index in [2.05, 4.69) is 10.3 Å². The van der Waals surface area contributed by atoms with Crippen molar-refractivity contribution in [2.45, 2.75) is 13.0 Å². The van der Waals surface area contributed by atoms with Crippen LogP contribution in [0.25, 0.3) is 0 Å². The van der Waals surface area contributed by atoms with Crippen LogP contribution in [0, 0.1) is 0 Å². The fraction of sp³-hybridized carbons (Fsp3) is 0.136. The van der Waals surface area contributed by atoms with Gasteiger partial charge in [0.15, 0.2) is 0 Å². The average molecular weight is 373 g/mol. The van der Waals surface area contributed by atoms with E-state index in [-0.39, 0.29) is 12.5 Å². The molecule has 0 atom stereocenters. The predicted octanol–water partition coefficient (Wildman–Crippen LogP) is 4.03. The second kappa shape index (κ2) is 7.92. The fourth-order valence-corrected chi connectivity index (χ4v) is 3.21. The molecule has 2 heterocycles. The summed E-state index contributed by atoms with van der Waals surface area (Å²) in [6.07, 6.45) is 3.43. The van der Waals surface area contributed by atoms with Crippen LogP contribution in [0.5, 0.6) is 0 Å². The van der Waals surface area contributed by atoms with Crippen LogP contribution in [-0.4, -0.2) is 23.5 Å². The zero-order chi connectivity index (χ0) is 19.3. The number of carbonyl (C=O) groups is 2. The van der Waals surface area contributed by atoms with E-state index in [1.54, 1.807) is 35.5 Å². The molecule has 4 rings (SSSR count). The van der Waals surface area contributed by atoms with Gasteiger partial charge >= 0.3 is 6.09 Å². The van der Waals surface area contributed by atoms with Gasteiger partial charge in [0.1, 0.15) is 6.61 Å². The topological polar surface area (TPSA) is 71.5 Å². The molecule has 1 aromatic heterocycles. The Balaban J connectivity index is 1.41. The minimum absolute atomic E-state index is 0.0742. The van der Waals surface area contributed by atoms with Crippen molar-refractivity contribution in [2.75, 3.05) is 16.8 Å². The van der Waals surface area contributed by atoms with E-state index in [1.165, 1.54) is 0 Å². The first-order chi connectivity index (χ1) is 13.7. The second-order valence-corrected chi connectivity index (χ2v) is 6.48. The lowest BCUT2D eigenvalue weighted by molar-refractivity contribution is 0.0989. The third-order valence-corrected chi connectivity index (χ3v) is 4.59. The first-order valence-corrected chi connectivity index (χ1v) is 9.03. The van der Waals surface area contributed by atoms with Gasteiger partial charge in [-0.2, -0.15) is 0 Å². The molecule has 0 unspecified atom stereocenters. The first-order valence-electron chi connectivity index (χ1n) is 9.03. The fourth-order valence-electron chi connectivity index (χ4n) is 3.21. The third-order valence-electron chi connectivity index (χ3n) is 4.59. The monoisotopic (exact) mass is 373 g/mol. The van der Waals surface area contributed by atoms with Gasteiger partial charge in [-0.05, 0) is 47.9 Å². The van der Waals surface area contributed by atoms with Gasteiger partial charge in [-0.25, -0.2) is 4.79 Å². The summed E-state index contributed by atoms with van der Waals surface area (Å²) in [7, 11) is 0. The maximum atomic E-state index is 12.7. The van der Waals surface area contributed by atoms with Crippen LogP contribution in [0.3, 0.4) is 0 Å². The molecule has 1 aliphatic heterocycles. The van der Waals surface area contributed by atoms with E-state index >= 15 is 0 Å². The number of anilines is 2. The van der Waals surface area contributed by atoms with Gasteiger partial charge < -0.3 is 9.64 Å². The first kappa shape index (κ1) is 17.7. The lowest BCUT2D eigenvalue weighted by Gasteiger charge is -2.17. The summed E-state index contributed by atoms with van der Waals surface area (Å²) in [5.74, 6) is -0.0742. The maximum Gasteiger partial charge on any atom is 0.411 e. The normalized spacial score (nSPS) is 12.4. The molecule has 0 radical (unpaired) electrons. The highest BCUT2D eigenvalue weighted by atomic mass is 16.5. The standard InChI is InChI=1S/C22H19N3O3/c26-21(18-7-4-11-23-14-18)25-12-10-17-13-19(8-9-20(17)25)24-22(27)28-15-16-5-2-1-3-6-16/h1-9,11,13-14H,10,12,15H2,(H,24,27). The van der Waals surface area contributed by atoms with Gasteiger partial charge in [-0.15, -0.1) is 0 Å². The molecule has 0 bridgehead atoms. The van der Waals surface area contributed by atoms with Gasteiger partial charge in [0, 0.05) is 30.3 Å². The van der Waals surface area contributed by atoms with Crippen molar-refractivity contribution in [1.82, 2.24) is 4.98 Å². The lowest BCUT2D eigenvalue weighted by atomic mass is 10.1. The van der Waals surface area contributed by atoms with Crippen molar-refractivity contribution >= 4 is 23.4 Å². The van der Waals surface area contributed by atoms with Gasteiger partial charge in [0.05, 0.1) is 5.56 Å². The summed E-state index contributed by atoms with van der Waals surface area (Å²) in [6.45, 7) is 0.815. The quantitative estimate of drug-likeness (QED) is 0.749. The van der Waals surface area contributed by atoms with Crippen molar-refractivity contribution in [1.29, 1.82) is 0 Å². The third kappa shape index (κ3) is 3.86. The number of fused-ring (bicyclic) bond motifs is 1. The predicted molar refractivity (Wildman–Crippen MR) is 106 cm³/mol. The molecule has 0 saturated carbocycles. The number of aromatic nitrogens is 1. The summed E-state index contributed by atoms with van der Waals surface area (Å²) >= 11 is 0. The Hall–Kier alpha value is -3.67. The molecule has 28 heavy (non-hydrogen) atoms. The summed E-state index contributed by atoms with van der Waals surface area (Å²) in [5.41, 5.74) is 4.00. The summed E-state index contributed by atoms with van der Waals surface area (Å²) in [4.78, 5) is 30.5. The highest BCUT2D eigenvalue weighted by molar-refractivity contribution is 6.07. The smallest absolute Gasteiger partial charge is 0.411 e. The molecule has 1 N–H and O–H groups in total. The minimum atomic E-state index is -0.509. The molecule has 6 heteroatoms. The number of nitrogens with zero attached hydrogens (tertiary/aromatic N) is 2. The summed E-state index contributed by atoms with van der Waals surface area (Å²) in [5, 5.41) is 2.74. The van der Waals surface area contributed by atoms with E-state index in [4.69, 9.17) is 4.74 Å².